The number of hydrogen-bond acceptors (Lipinski definition) is 3. The van der Waals surface area contributed by atoms with E-state index >= 15 is 0 Å². The van der Waals surface area contributed by atoms with Gasteiger partial charge in [-0.1, -0.05) is 19.1 Å². The van der Waals surface area contributed by atoms with E-state index in [4.69, 9.17) is 4.74 Å². The van der Waals surface area contributed by atoms with E-state index in [1.165, 1.54) is 18.4 Å². The van der Waals surface area contributed by atoms with Crippen molar-refractivity contribution in [2.45, 2.75) is 52.1 Å². The molecule has 1 unspecified atom stereocenters. The summed E-state index contributed by atoms with van der Waals surface area (Å²) in [5.74, 6) is 1.73. The second-order valence-electron chi connectivity index (χ2n) is 6.50. The van der Waals surface area contributed by atoms with Gasteiger partial charge in [-0.15, -0.1) is 0 Å². The zero-order valence-corrected chi connectivity index (χ0v) is 14.4. The first-order valence-electron chi connectivity index (χ1n) is 8.88. The number of carbonyl (C=O) groups excluding carboxylic acids is 1. The Morgan fingerprint density at radius 1 is 1.39 bits per heavy atom. The summed E-state index contributed by atoms with van der Waals surface area (Å²) in [5.41, 5.74) is 1.18. The van der Waals surface area contributed by atoms with Gasteiger partial charge in [-0.25, -0.2) is 0 Å². The van der Waals surface area contributed by atoms with Crippen LogP contribution in [0.15, 0.2) is 24.3 Å². The fourth-order valence-electron chi connectivity index (χ4n) is 2.97. The summed E-state index contributed by atoms with van der Waals surface area (Å²) in [6.07, 6.45) is 4.93. The molecule has 23 heavy (non-hydrogen) atoms. The fourth-order valence-corrected chi connectivity index (χ4v) is 2.97. The van der Waals surface area contributed by atoms with E-state index in [1.54, 1.807) is 0 Å². The molecule has 128 valence electrons. The highest BCUT2D eigenvalue weighted by molar-refractivity contribution is 5.75. The topological polar surface area (TPSA) is 50.4 Å². The largest absolute Gasteiger partial charge is 0.489 e. The number of rotatable bonds is 8. The number of amides is 1. The molecule has 0 bridgehead atoms. The van der Waals surface area contributed by atoms with Gasteiger partial charge in [0.2, 0.25) is 5.91 Å². The van der Waals surface area contributed by atoms with Gasteiger partial charge < -0.3 is 15.4 Å². The molecule has 1 aliphatic heterocycles. The Balaban J connectivity index is 1.68. The first kappa shape index (κ1) is 17.8. The summed E-state index contributed by atoms with van der Waals surface area (Å²) in [7, 11) is 0. The van der Waals surface area contributed by atoms with E-state index in [0.29, 0.717) is 18.9 Å². The van der Waals surface area contributed by atoms with E-state index in [9.17, 15) is 4.79 Å². The molecule has 0 spiro atoms. The summed E-state index contributed by atoms with van der Waals surface area (Å²) in [6.45, 7) is 6.90. The van der Waals surface area contributed by atoms with E-state index in [-0.39, 0.29) is 12.0 Å². The van der Waals surface area contributed by atoms with Gasteiger partial charge in [-0.05, 0) is 69.3 Å². The second kappa shape index (κ2) is 9.56. The molecular formula is C19H30N2O2. The Hall–Kier alpha value is -1.55. The van der Waals surface area contributed by atoms with E-state index in [2.05, 4.69) is 30.5 Å². The van der Waals surface area contributed by atoms with Crippen molar-refractivity contribution in [2.75, 3.05) is 19.6 Å². The van der Waals surface area contributed by atoms with Gasteiger partial charge in [-0.2, -0.15) is 0 Å². The highest BCUT2D eigenvalue weighted by Crippen LogP contribution is 2.18. The minimum atomic E-state index is 0.0274. The van der Waals surface area contributed by atoms with Crippen molar-refractivity contribution in [3.8, 4) is 5.75 Å². The monoisotopic (exact) mass is 318 g/mol. The number of ether oxygens (including phenoxy) is 1. The van der Waals surface area contributed by atoms with Crippen LogP contribution in [0.4, 0.5) is 0 Å². The molecule has 0 saturated carbocycles. The number of carbonyl (C=O) groups is 1. The quantitative estimate of drug-likeness (QED) is 0.774. The van der Waals surface area contributed by atoms with Gasteiger partial charge in [-0.3, -0.25) is 4.79 Å². The molecule has 1 aromatic rings. The minimum Gasteiger partial charge on any atom is -0.489 e. The first-order valence-corrected chi connectivity index (χ1v) is 8.88. The van der Waals surface area contributed by atoms with Crippen molar-refractivity contribution in [2.24, 2.45) is 5.92 Å². The third kappa shape index (κ3) is 6.61. The molecule has 2 rings (SSSR count). The zero-order valence-electron chi connectivity index (χ0n) is 14.4. The molecule has 1 heterocycles. The van der Waals surface area contributed by atoms with Crippen LogP contribution < -0.4 is 15.4 Å². The molecule has 1 aromatic carbocycles. The average Bonchev–Trinajstić information content (AvgIpc) is 2.57. The van der Waals surface area contributed by atoms with Crippen molar-refractivity contribution < 1.29 is 9.53 Å². The standard InChI is InChI=1S/C19H30N2O2/c1-3-17(23-18-6-4-5-15(2)13-18)14-21-19(22)8-7-16-9-11-20-12-10-16/h4-6,13,16-17,20H,3,7-12,14H2,1-2H3,(H,21,22). The number of aryl methyl sites for hydroxylation is 1. The Kier molecular flexibility index (Phi) is 7.40. The molecule has 0 radical (unpaired) electrons. The van der Waals surface area contributed by atoms with Crippen molar-refractivity contribution in [3.63, 3.8) is 0 Å². The average molecular weight is 318 g/mol. The lowest BCUT2D eigenvalue weighted by Gasteiger charge is -2.22. The molecular weight excluding hydrogens is 288 g/mol. The molecule has 0 aliphatic carbocycles. The SMILES string of the molecule is CCC(CNC(=O)CCC1CCNCC1)Oc1cccc(C)c1. The summed E-state index contributed by atoms with van der Waals surface area (Å²) >= 11 is 0. The smallest absolute Gasteiger partial charge is 0.220 e. The van der Waals surface area contributed by atoms with Crippen molar-refractivity contribution in [1.82, 2.24) is 10.6 Å². The van der Waals surface area contributed by atoms with Crippen LogP contribution in [0, 0.1) is 12.8 Å². The lowest BCUT2D eigenvalue weighted by atomic mass is 9.93. The van der Waals surface area contributed by atoms with Crippen molar-refractivity contribution in [1.29, 1.82) is 0 Å². The third-order valence-electron chi connectivity index (χ3n) is 4.51. The Labute approximate surface area is 140 Å². The maximum Gasteiger partial charge on any atom is 0.220 e. The second-order valence-corrected chi connectivity index (χ2v) is 6.50. The minimum absolute atomic E-state index is 0.0274. The van der Waals surface area contributed by atoms with Crippen LogP contribution in [0.1, 0.15) is 44.6 Å². The lowest BCUT2D eigenvalue weighted by Crippen LogP contribution is -2.35. The highest BCUT2D eigenvalue weighted by Gasteiger charge is 2.15. The molecule has 0 aromatic heterocycles. The number of benzene rings is 1. The van der Waals surface area contributed by atoms with E-state index < -0.39 is 0 Å². The van der Waals surface area contributed by atoms with Crippen LogP contribution >= 0.6 is 0 Å². The molecule has 4 heteroatoms. The Morgan fingerprint density at radius 2 is 2.17 bits per heavy atom. The summed E-state index contributed by atoms with van der Waals surface area (Å²) < 4.78 is 5.97. The van der Waals surface area contributed by atoms with Gasteiger partial charge >= 0.3 is 0 Å². The van der Waals surface area contributed by atoms with Gasteiger partial charge in [0.1, 0.15) is 11.9 Å². The first-order chi connectivity index (χ1) is 11.2. The fraction of sp³-hybridized carbons (Fsp3) is 0.632. The summed E-state index contributed by atoms with van der Waals surface area (Å²) in [4.78, 5) is 12.0. The third-order valence-corrected chi connectivity index (χ3v) is 4.51. The van der Waals surface area contributed by atoms with E-state index in [0.717, 1.165) is 31.7 Å². The van der Waals surface area contributed by atoms with Crippen LogP contribution in [0.25, 0.3) is 0 Å². The molecule has 1 amide bonds. The van der Waals surface area contributed by atoms with Crippen LogP contribution in [0.3, 0.4) is 0 Å². The molecule has 2 N–H and O–H groups in total. The predicted octanol–water partition coefficient (Wildman–Crippen LogP) is 3.05. The predicted molar refractivity (Wildman–Crippen MR) is 93.7 cm³/mol. The van der Waals surface area contributed by atoms with Gasteiger partial charge in [0, 0.05) is 6.42 Å². The number of piperidine rings is 1. The van der Waals surface area contributed by atoms with Gasteiger partial charge in [0.15, 0.2) is 0 Å². The van der Waals surface area contributed by atoms with Crippen LogP contribution in [-0.2, 0) is 4.79 Å². The zero-order chi connectivity index (χ0) is 16.5. The molecule has 4 nitrogen and oxygen atoms in total. The summed E-state index contributed by atoms with van der Waals surface area (Å²) in [5, 5.41) is 6.39. The molecule has 1 saturated heterocycles. The van der Waals surface area contributed by atoms with Crippen molar-refractivity contribution in [3.05, 3.63) is 29.8 Å². The number of nitrogens with one attached hydrogen (secondary N) is 2. The normalized spacial score (nSPS) is 16.8. The Bertz CT molecular complexity index is 484. The van der Waals surface area contributed by atoms with Gasteiger partial charge in [0.05, 0.1) is 6.54 Å². The van der Waals surface area contributed by atoms with Crippen LogP contribution in [0.5, 0.6) is 5.75 Å². The molecule has 1 aliphatic rings. The molecule has 1 atom stereocenters. The Morgan fingerprint density at radius 3 is 2.87 bits per heavy atom. The van der Waals surface area contributed by atoms with Crippen LogP contribution in [-0.4, -0.2) is 31.6 Å². The lowest BCUT2D eigenvalue weighted by molar-refractivity contribution is -0.121. The van der Waals surface area contributed by atoms with Crippen LogP contribution in [0.2, 0.25) is 0 Å². The number of hydrogen-bond donors (Lipinski definition) is 2. The molecule has 1 fully saturated rings. The summed E-state index contributed by atoms with van der Waals surface area (Å²) in [6, 6.07) is 8.04. The van der Waals surface area contributed by atoms with E-state index in [1.807, 2.05) is 18.2 Å². The maximum atomic E-state index is 12.0. The van der Waals surface area contributed by atoms with Gasteiger partial charge in [0.25, 0.3) is 0 Å². The highest BCUT2D eigenvalue weighted by atomic mass is 16.5. The maximum absolute atomic E-state index is 12.0. The van der Waals surface area contributed by atoms with Crippen molar-refractivity contribution >= 4 is 5.91 Å².